The van der Waals surface area contributed by atoms with Gasteiger partial charge in [-0.1, -0.05) is 22.6 Å². The van der Waals surface area contributed by atoms with E-state index in [9.17, 15) is 4.79 Å². The summed E-state index contributed by atoms with van der Waals surface area (Å²) < 4.78 is -0.261. The number of rotatable bonds is 1. The van der Waals surface area contributed by atoms with E-state index >= 15 is 0 Å². The van der Waals surface area contributed by atoms with Crippen LogP contribution in [-0.2, 0) is 4.79 Å². The predicted octanol–water partition coefficient (Wildman–Crippen LogP) is -1.99. The van der Waals surface area contributed by atoms with E-state index in [-0.39, 0.29) is 56.7 Å². The maximum Gasteiger partial charge on any atom is 1.00 e. The first kappa shape index (κ1) is 11.6. The second-order valence-corrected chi connectivity index (χ2v) is 2.82. The van der Waals surface area contributed by atoms with Gasteiger partial charge in [0.1, 0.15) is 3.92 Å². The molecule has 2 nitrogen and oxygen atoms in total. The topological polar surface area (TPSA) is 37.3 Å². The SMILES string of the molecule is CC(I)C(=O)O.[H-].[K+]. The molecule has 0 aromatic rings. The number of carboxylic acid groups (broad SMARTS) is 1. The van der Waals surface area contributed by atoms with Gasteiger partial charge in [-0.2, -0.15) is 0 Å². The number of halogens is 1. The van der Waals surface area contributed by atoms with Gasteiger partial charge in [-0.25, -0.2) is 0 Å². The molecule has 0 fully saturated rings. The fourth-order valence-corrected chi connectivity index (χ4v) is 0. The second-order valence-electron chi connectivity index (χ2n) is 0.954. The molecule has 0 aliphatic carbocycles. The molecule has 7 heavy (non-hydrogen) atoms. The van der Waals surface area contributed by atoms with E-state index in [0.717, 1.165) is 0 Å². The minimum absolute atomic E-state index is 0. The Balaban J connectivity index is -0.000000125. The van der Waals surface area contributed by atoms with E-state index in [4.69, 9.17) is 5.11 Å². The van der Waals surface area contributed by atoms with Gasteiger partial charge in [-0.15, -0.1) is 0 Å². The van der Waals surface area contributed by atoms with Gasteiger partial charge in [0.15, 0.2) is 0 Å². The van der Waals surface area contributed by atoms with Crippen molar-refractivity contribution in [3.05, 3.63) is 0 Å². The molecule has 0 rings (SSSR count). The van der Waals surface area contributed by atoms with Crippen molar-refractivity contribution in [2.24, 2.45) is 0 Å². The van der Waals surface area contributed by atoms with Gasteiger partial charge in [0.05, 0.1) is 0 Å². The van der Waals surface area contributed by atoms with Crippen molar-refractivity contribution >= 4 is 28.6 Å². The molecule has 0 heterocycles. The van der Waals surface area contributed by atoms with Crippen molar-refractivity contribution in [2.45, 2.75) is 10.8 Å². The fraction of sp³-hybridized carbons (Fsp3) is 0.667. The third-order valence-electron chi connectivity index (χ3n) is 0.340. The van der Waals surface area contributed by atoms with Crippen LogP contribution >= 0.6 is 22.6 Å². The molecule has 0 aromatic heterocycles. The zero-order valence-corrected chi connectivity index (χ0v) is 9.59. The van der Waals surface area contributed by atoms with Crippen LogP contribution in [0.3, 0.4) is 0 Å². The van der Waals surface area contributed by atoms with Gasteiger partial charge in [0.2, 0.25) is 0 Å². The van der Waals surface area contributed by atoms with Gasteiger partial charge < -0.3 is 6.53 Å². The van der Waals surface area contributed by atoms with Crippen molar-refractivity contribution in [3.8, 4) is 0 Å². The fourth-order valence-electron chi connectivity index (χ4n) is 0. The molecule has 1 unspecified atom stereocenters. The Kier molecular flexibility index (Phi) is 9.89. The van der Waals surface area contributed by atoms with Crippen molar-refractivity contribution in [2.75, 3.05) is 0 Å². The summed E-state index contributed by atoms with van der Waals surface area (Å²) in [6.07, 6.45) is 0. The summed E-state index contributed by atoms with van der Waals surface area (Å²) in [5.74, 6) is -0.754. The van der Waals surface area contributed by atoms with E-state index in [1.54, 1.807) is 6.92 Å². The zero-order valence-electron chi connectivity index (χ0n) is 5.31. The van der Waals surface area contributed by atoms with E-state index in [1.807, 2.05) is 22.6 Å². The maximum absolute atomic E-state index is 9.69. The smallest absolute Gasteiger partial charge is 1.00 e. The number of alkyl halides is 1. The molecule has 4 heteroatoms. The van der Waals surface area contributed by atoms with Crippen LogP contribution in [0.2, 0.25) is 0 Å². The van der Waals surface area contributed by atoms with Gasteiger partial charge in [-0.3, -0.25) is 4.79 Å². The molecule has 0 amide bonds. The average molecular weight is 240 g/mol. The van der Waals surface area contributed by atoms with E-state index in [0.29, 0.717) is 0 Å². The van der Waals surface area contributed by atoms with Crippen LogP contribution in [0.25, 0.3) is 0 Å². The summed E-state index contributed by atoms with van der Waals surface area (Å²) in [5, 5.41) is 7.98. The largest absolute Gasteiger partial charge is 1.00 e. The maximum atomic E-state index is 9.69. The Morgan fingerprint density at radius 2 is 2.14 bits per heavy atom. The van der Waals surface area contributed by atoms with Crippen LogP contribution in [0, 0.1) is 0 Å². The Morgan fingerprint density at radius 3 is 2.14 bits per heavy atom. The Labute approximate surface area is 100 Å². The molecule has 38 valence electrons. The van der Waals surface area contributed by atoms with Crippen molar-refractivity contribution < 1.29 is 62.7 Å². The van der Waals surface area contributed by atoms with E-state index in [2.05, 4.69) is 0 Å². The standard InChI is InChI=1S/C3H5IO2.K.H/c1-2(4)3(5)6;;/h2H,1H3,(H,5,6);;/q;+1;-1. The molecule has 0 saturated heterocycles. The van der Waals surface area contributed by atoms with Crippen molar-refractivity contribution in [1.82, 2.24) is 0 Å². The first-order valence-corrected chi connectivity index (χ1v) is 2.76. The molecule has 0 spiro atoms. The minimum atomic E-state index is -0.754. The average Bonchev–Trinajstić information content (AvgIpc) is 1.36. The summed E-state index contributed by atoms with van der Waals surface area (Å²) in [5.41, 5.74) is 0. The van der Waals surface area contributed by atoms with Crippen LogP contribution in [-0.4, -0.2) is 15.0 Å². The van der Waals surface area contributed by atoms with Gasteiger partial charge >= 0.3 is 57.4 Å². The first-order valence-electron chi connectivity index (χ1n) is 1.51. The number of carbonyl (C=O) groups is 1. The first-order chi connectivity index (χ1) is 2.64. The molecule has 0 aliphatic rings. The molecular formula is C3H6IKO2. The van der Waals surface area contributed by atoms with Crippen LogP contribution < -0.4 is 51.4 Å². The Bertz CT molecular complexity index is 68.3. The Hall–Kier alpha value is 1.84. The molecular weight excluding hydrogens is 234 g/mol. The van der Waals surface area contributed by atoms with Gasteiger partial charge in [0, 0.05) is 0 Å². The summed E-state index contributed by atoms with van der Waals surface area (Å²) >= 11 is 1.83. The quantitative estimate of drug-likeness (QED) is 0.327. The van der Waals surface area contributed by atoms with Gasteiger partial charge in [0.25, 0.3) is 0 Å². The zero-order chi connectivity index (χ0) is 5.15. The van der Waals surface area contributed by atoms with E-state index < -0.39 is 5.97 Å². The summed E-state index contributed by atoms with van der Waals surface area (Å²) in [7, 11) is 0. The third-order valence-corrected chi connectivity index (χ3v) is 0.873. The molecule has 0 saturated carbocycles. The number of aliphatic carboxylic acids is 1. The molecule has 0 aliphatic heterocycles. The number of hydrogen-bond donors (Lipinski definition) is 1. The molecule has 0 bridgehead atoms. The summed E-state index contributed by atoms with van der Waals surface area (Å²) in [4.78, 5) is 9.69. The van der Waals surface area contributed by atoms with Crippen LogP contribution in [0.15, 0.2) is 0 Å². The van der Waals surface area contributed by atoms with Crippen LogP contribution in [0.1, 0.15) is 8.35 Å². The molecule has 0 radical (unpaired) electrons. The molecule has 1 atom stereocenters. The normalized spacial score (nSPS) is 11.7. The number of carboxylic acids is 1. The van der Waals surface area contributed by atoms with Gasteiger partial charge in [-0.05, 0) is 6.92 Å². The summed E-state index contributed by atoms with van der Waals surface area (Å²) in [6, 6.07) is 0. The molecule has 0 aromatic carbocycles. The van der Waals surface area contributed by atoms with E-state index in [1.165, 1.54) is 0 Å². The van der Waals surface area contributed by atoms with Crippen molar-refractivity contribution in [1.29, 1.82) is 0 Å². The monoisotopic (exact) mass is 240 g/mol. The predicted molar refractivity (Wildman–Crippen MR) is 32.2 cm³/mol. The molecule has 1 N–H and O–H groups in total. The third kappa shape index (κ3) is 7.84. The minimum Gasteiger partial charge on any atom is -1.00 e. The Morgan fingerprint density at radius 1 is 2.00 bits per heavy atom. The second kappa shape index (κ2) is 5.96. The van der Waals surface area contributed by atoms with Crippen LogP contribution in [0.5, 0.6) is 0 Å². The van der Waals surface area contributed by atoms with Crippen molar-refractivity contribution in [3.63, 3.8) is 0 Å². The van der Waals surface area contributed by atoms with Crippen LogP contribution in [0.4, 0.5) is 0 Å². The summed E-state index contributed by atoms with van der Waals surface area (Å²) in [6.45, 7) is 1.63. The number of hydrogen-bond acceptors (Lipinski definition) is 1.